The molecule has 3 N–H and O–H groups in total. The molecule has 0 aliphatic carbocycles. The number of benzene rings is 3. The largest absolute Gasteiger partial charge is 0.493 e. The van der Waals surface area contributed by atoms with Crippen molar-refractivity contribution in [3.8, 4) is 11.5 Å². The van der Waals surface area contributed by atoms with Crippen LogP contribution in [0.3, 0.4) is 0 Å². The fourth-order valence-electron chi connectivity index (χ4n) is 5.97. The van der Waals surface area contributed by atoms with Gasteiger partial charge in [0.15, 0.2) is 27.4 Å². The molecule has 2 heterocycles. The second kappa shape index (κ2) is 13.3. The third kappa shape index (κ3) is 6.07. The monoisotopic (exact) mass is 650 g/mol. The predicted molar refractivity (Wildman–Crippen MR) is 170 cm³/mol. The topological polar surface area (TPSA) is 152 Å². The number of nitrogens with zero attached hydrogens (tertiary/aromatic N) is 3. The summed E-state index contributed by atoms with van der Waals surface area (Å²) in [6.45, 7) is 3.42. The highest BCUT2D eigenvalue weighted by atomic mass is 32.2. The number of pyridine rings is 1. The maximum atomic E-state index is 16.0. The molecule has 1 aliphatic rings. The maximum absolute atomic E-state index is 16.0. The van der Waals surface area contributed by atoms with E-state index in [1.807, 2.05) is 0 Å². The second-order valence-electron chi connectivity index (χ2n) is 10.8. The lowest BCUT2D eigenvalue weighted by Gasteiger charge is -2.36. The van der Waals surface area contributed by atoms with Crippen LogP contribution in [0, 0.1) is 11.7 Å². The van der Waals surface area contributed by atoms with Crippen LogP contribution in [0.4, 0.5) is 10.1 Å². The molecule has 0 bridgehead atoms. The van der Waals surface area contributed by atoms with Crippen LogP contribution in [0.2, 0.25) is 0 Å². The van der Waals surface area contributed by atoms with Crippen molar-refractivity contribution >= 4 is 38.2 Å². The van der Waals surface area contributed by atoms with Crippen molar-refractivity contribution < 1.29 is 37.0 Å². The van der Waals surface area contributed by atoms with Crippen LogP contribution in [0.1, 0.15) is 43.5 Å². The minimum Gasteiger partial charge on any atom is -0.493 e. The summed E-state index contributed by atoms with van der Waals surface area (Å²) in [7, 11) is -2.44. The number of carboxylic acid groups (broad SMARTS) is 1. The molecule has 242 valence electrons. The number of ether oxygens (including phenoxy) is 2. The van der Waals surface area contributed by atoms with E-state index in [1.165, 1.54) is 37.1 Å². The van der Waals surface area contributed by atoms with Crippen molar-refractivity contribution in [2.75, 3.05) is 31.0 Å². The Morgan fingerprint density at radius 3 is 2.57 bits per heavy atom. The number of carbonyl (C=O) groups excluding carboxylic acids is 1. The molecule has 1 aromatic heterocycles. The van der Waals surface area contributed by atoms with Crippen molar-refractivity contribution in [1.29, 1.82) is 0 Å². The van der Waals surface area contributed by atoms with Gasteiger partial charge in [0.05, 0.1) is 42.0 Å². The predicted octanol–water partition coefficient (Wildman–Crippen LogP) is 4.67. The van der Waals surface area contributed by atoms with Crippen LogP contribution in [0.15, 0.2) is 78.0 Å². The highest BCUT2D eigenvalue weighted by Crippen LogP contribution is 2.44. The third-order valence-corrected chi connectivity index (χ3v) is 10.1. The number of halogens is 1. The Hall–Kier alpha value is -4.75. The average molecular weight is 651 g/mol. The van der Waals surface area contributed by atoms with Gasteiger partial charge in [0.2, 0.25) is 0 Å². The van der Waals surface area contributed by atoms with Crippen molar-refractivity contribution in [3.05, 3.63) is 90.0 Å². The Kier molecular flexibility index (Phi) is 9.44. The molecule has 1 saturated heterocycles. The lowest BCUT2D eigenvalue weighted by atomic mass is 9.93. The number of hydrogen-bond acceptors (Lipinski definition) is 9. The van der Waals surface area contributed by atoms with Crippen molar-refractivity contribution in [3.63, 3.8) is 0 Å². The summed E-state index contributed by atoms with van der Waals surface area (Å²) < 4.78 is 53.3. The number of fused-ring (bicyclic) bond motifs is 1. The number of hydrazine groups is 1. The van der Waals surface area contributed by atoms with Gasteiger partial charge in [-0.15, -0.1) is 0 Å². The first kappa shape index (κ1) is 32.6. The van der Waals surface area contributed by atoms with Crippen LogP contribution >= 0.6 is 0 Å². The van der Waals surface area contributed by atoms with Gasteiger partial charge in [0.25, 0.3) is 5.91 Å². The first-order chi connectivity index (χ1) is 22.0. The molecule has 0 saturated carbocycles. The zero-order valence-corrected chi connectivity index (χ0v) is 26.4. The summed E-state index contributed by atoms with van der Waals surface area (Å²) in [5, 5.41) is 12.9. The first-order valence-electron chi connectivity index (χ1n) is 14.7. The van der Waals surface area contributed by atoms with E-state index in [2.05, 4.69) is 4.98 Å². The first-order valence-corrected chi connectivity index (χ1v) is 16.4. The lowest BCUT2D eigenvalue weighted by molar-refractivity contribution is -0.143. The molecule has 1 fully saturated rings. The summed E-state index contributed by atoms with van der Waals surface area (Å²) in [6, 6.07) is 12.7. The number of rotatable bonds is 11. The molecule has 0 radical (unpaired) electrons. The molecule has 1 aliphatic heterocycles. The second-order valence-corrected chi connectivity index (χ2v) is 13.1. The highest BCUT2D eigenvalue weighted by molar-refractivity contribution is 7.91. The number of methoxy groups -OCH3 is 1. The van der Waals surface area contributed by atoms with Crippen molar-refractivity contribution in [2.45, 2.75) is 37.2 Å². The van der Waals surface area contributed by atoms with E-state index >= 15 is 4.39 Å². The molecular weight excluding hydrogens is 615 g/mol. The molecule has 46 heavy (non-hydrogen) atoms. The Labute approximate surface area is 266 Å². The number of amides is 1. The number of hydrogen-bond donors (Lipinski definition) is 2. The summed E-state index contributed by atoms with van der Waals surface area (Å²) >= 11 is 0. The molecule has 4 aromatic rings. The molecule has 0 unspecified atom stereocenters. The minimum absolute atomic E-state index is 0.0369. The normalized spacial score (nSPS) is 17.1. The van der Waals surface area contributed by atoms with Crippen LogP contribution in [-0.4, -0.2) is 61.3 Å². The van der Waals surface area contributed by atoms with Gasteiger partial charge in [0, 0.05) is 36.0 Å². The van der Waals surface area contributed by atoms with Crippen LogP contribution in [0.25, 0.3) is 10.8 Å². The molecule has 0 spiro atoms. The average Bonchev–Trinajstić information content (AvgIpc) is 3.51. The number of likely N-dealkylation sites (tertiary alicyclic amines) is 1. The van der Waals surface area contributed by atoms with E-state index < -0.39 is 45.5 Å². The van der Waals surface area contributed by atoms with E-state index in [0.717, 1.165) is 21.8 Å². The number of aromatic nitrogens is 1. The number of anilines is 1. The van der Waals surface area contributed by atoms with Gasteiger partial charge in [-0.3, -0.25) is 19.6 Å². The highest BCUT2D eigenvalue weighted by Gasteiger charge is 2.47. The van der Waals surface area contributed by atoms with Gasteiger partial charge in [-0.2, -0.15) is 0 Å². The number of carboxylic acids is 1. The van der Waals surface area contributed by atoms with Crippen molar-refractivity contribution in [1.82, 2.24) is 9.88 Å². The van der Waals surface area contributed by atoms with Gasteiger partial charge < -0.3 is 19.5 Å². The van der Waals surface area contributed by atoms with Gasteiger partial charge in [-0.05, 0) is 54.6 Å². The molecule has 13 heteroatoms. The molecule has 3 atom stereocenters. The summed E-state index contributed by atoms with van der Waals surface area (Å²) in [4.78, 5) is 32.7. The molecule has 1 amide bonds. The number of carbonyl (C=O) groups is 2. The fourth-order valence-corrected chi connectivity index (χ4v) is 7.12. The van der Waals surface area contributed by atoms with Gasteiger partial charge in [-0.1, -0.05) is 31.2 Å². The summed E-state index contributed by atoms with van der Waals surface area (Å²) in [6.07, 6.45) is 3.32. The van der Waals surface area contributed by atoms with Gasteiger partial charge >= 0.3 is 5.97 Å². The van der Waals surface area contributed by atoms with E-state index in [4.69, 9.17) is 15.3 Å². The molecule has 11 nitrogen and oxygen atoms in total. The lowest BCUT2D eigenvalue weighted by Crippen LogP contribution is -2.47. The Morgan fingerprint density at radius 2 is 1.87 bits per heavy atom. The standard InChI is InChI=1S/C33H35FN4O7S/c1-4-45-28-17-25(26(34)18-27(28)44-3)31(38(35)22-11-10-21-19-36-14-12-20(21)16-22)32(39)37-15-13-24(33(40)41)30(37)23-8-6-7-9-29(23)46(42,43)5-2/h6-12,14,16-19,24,30-31H,4-5,13,15,35H2,1-3H3,(H,40,41)/t24-,30-,31+/m0/s1. The summed E-state index contributed by atoms with van der Waals surface area (Å²) in [5.41, 5.74) is 0.400. The number of aliphatic carboxylic acids is 1. The van der Waals surface area contributed by atoms with E-state index in [0.29, 0.717) is 5.69 Å². The zero-order valence-electron chi connectivity index (χ0n) is 25.6. The van der Waals surface area contributed by atoms with Crippen molar-refractivity contribution in [2.24, 2.45) is 11.8 Å². The fraction of sp³-hybridized carbons (Fsp3) is 0.303. The van der Waals surface area contributed by atoms with Crippen LogP contribution in [0.5, 0.6) is 11.5 Å². The molecule has 5 rings (SSSR count). The maximum Gasteiger partial charge on any atom is 0.309 e. The minimum atomic E-state index is -3.80. The number of nitrogens with two attached hydrogens (primary N) is 1. The summed E-state index contributed by atoms with van der Waals surface area (Å²) in [5.74, 6) is 2.93. The third-order valence-electron chi connectivity index (χ3n) is 8.26. The molecular formula is C33H35FN4O7S. The SMILES string of the molecule is CCOc1cc([C@H](C(=O)N2CC[C@H](C(=O)O)[C@@H]2c2ccccc2S(=O)(=O)CC)N(N)c2ccc3cnccc3c2)c(F)cc1OC. The Balaban J connectivity index is 1.70. The smallest absolute Gasteiger partial charge is 0.309 e. The van der Waals surface area contributed by atoms with E-state index in [1.54, 1.807) is 55.7 Å². The van der Waals surface area contributed by atoms with Crippen LogP contribution < -0.4 is 20.3 Å². The Morgan fingerprint density at radius 1 is 1.11 bits per heavy atom. The van der Waals surface area contributed by atoms with Gasteiger partial charge in [-0.25, -0.2) is 18.7 Å². The van der Waals surface area contributed by atoms with E-state index in [-0.39, 0.29) is 52.8 Å². The zero-order chi connectivity index (χ0) is 33.2. The quantitative estimate of drug-likeness (QED) is 0.173. The Bertz CT molecular complexity index is 1890. The van der Waals surface area contributed by atoms with Gasteiger partial charge in [0.1, 0.15) is 5.82 Å². The molecule has 3 aromatic carbocycles. The van der Waals surface area contributed by atoms with E-state index in [9.17, 15) is 23.1 Å². The van der Waals surface area contributed by atoms with Crippen LogP contribution in [-0.2, 0) is 19.4 Å². The number of sulfone groups is 1.